The molecule has 4 nitrogen and oxygen atoms in total. The lowest BCUT2D eigenvalue weighted by molar-refractivity contribution is 0.0736. The van der Waals surface area contributed by atoms with E-state index in [1.807, 2.05) is 37.3 Å². The van der Waals surface area contributed by atoms with E-state index in [4.69, 9.17) is 9.47 Å². The Morgan fingerprint density at radius 2 is 1.75 bits per heavy atom. The molecule has 4 heteroatoms. The molecular weight excluding hydrogens is 304 g/mol. The summed E-state index contributed by atoms with van der Waals surface area (Å²) in [5, 5.41) is 1.62. The maximum absolute atomic E-state index is 12.4. The predicted molar refractivity (Wildman–Crippen MR) is 91.9 cm³/mol. The Morgan fingerprint density at radius 3 is 2.46 bits per heavy atom. The highest BCUT2D eigenvalue weighted by Crippen LogP contribution is 2.29. The molecule has 3 rings (SSSR count). The normalized spacial score (nSPS) is 10.4. The summed E-state index contributed by atoms with van der Waals surface area (Å²) in [5.74, 6) is 0.451. The van der Waals surface area contributed by atoms with E-state index >= 15 is 0 Å². The quantitative estimate of drug-likeness (QED) is 0.400. The van der Waals surface area contributed by atoms with Crippen LogP contribution in [0.4, 0.5) is 0 Å². The van der Waals surface area contributed by atoms with Crippen LogP contribution in [0, 0.1) is 0 Å². The van der Waals surface area contributed by atoms with Crippen molar-refractivity contribution in [1.82, 2.24) is 0 Å². The third-order valence-electron chi connectivity index (χ3n) is 3.63. The van der Waals surface area contributed by atoms with Crippen LogP contribution in [0.25, 0.3) is 10.8 Å². The molecule has 0 fully saturated rings. The van der Waals surface area contributed by atoms with E-state index in [9.17, 15) is 9.59 Å². The van der Waals surface area contributed by atoms with E-state index in [0.29, 0.717) is 29.8 Å². The molecule has 0 aliphatic heterocycles. The first-order valence-corrected chi connectivity index (χ1v) is 7.65. The van der Waals surface area contributed by atoms with Gasteiger partial charge in [0.2, 0.25) is 0 Å². The first kappa shape index (κ1) is 15.7. The summed E-state index contributed by atoms with van der Waals surface area (Å²) in [4.78, 5) is 23.7. The molecule has 0 radical (unpaired) electrons. The molecule has 24 heavy (non-hydrogen) atoms. The summed E-state index contributed by atoms with van der Waals surface area (Å²) in [7, 11) is 0. The van der Waals surface area contributed by atoms with E-state index < -0.39 is 5.97 Å². The smallest absolute Gasteiger partial charge is 0.343 e. The number of ether oxygens (including phenoxy) is 2. The first-order chi connectivity index (χ1) is 11.7. The number of carbonyl (C=O) groups is 2. The zero-order valence-electron chi connectivity index (χ0n) is 13.2. The van der Waals surface area contributed by atoms with Gasteiger partial charge in [0.05, 0.1) is 17.7 Å². The number of fused-ring (bicyclic) bond motifs is 1. The van der Waals surface area contributed by atoms with Crippen LogP contribution in [0.15, 0.2) is 60.7 Å². The lowest BCUT2D eigenvalue weighted by atomic mass is 10.1. The average molecular weight is 320 g/mol. The van der Waals surface area contributed by atoms with Crippen LogP contribution < -0.4 is 9.47 Å². The summed E-state index contributed by atoms with van der Waals surface area (Å²) in [6.45, 7) is 2.45. The molecule has 0 heterocycles. The summed E-state index contributed by atoms with van der Waals surface area (Å²) in [6, 6.07) is 17.6. The molecule has 0 aliphatic rings. The van der Waals surface area contributed by atoms with Gasteiger partial charge in [0.1, 0.15) is 11.5 Å². The Kier molecular flexibility index (Phi) is 4.57. The number of aldehydes is 1. The standard InChI is InChI=1S/C20H16O4/c1-2-23-17-11-9-15(10-12-17)20(22)24-19-16(13-21)8-7-14-5-3-4-6-18(14)19/h3-13H,2H2,1H3. The fraction of sp³-hybridized carbons (Fsp3) is 0.100. The SMILES string of the molecule is CCOc1ccc(C(=O)Oc2c(C=O)ccc3ccccc23)cc1. The summed E-state index contributed by atoms with van der Waals surface area (Å²) < 4.78 is 10.9. The van der Waals surface area contributed by atoms with Gasteiger partial charge in [-0.2, -0.15) is 0 Å². The van der Waals surface area contributed by atoms with Crippen LogP contribution in [0.1, 0.15) is 27.6 Å². The second-order valence-corrected chi connectivity index (χ2v) is 5.17. The van der Waals surface area contributed by atoms with Gasteiger partial charge in [-0.1, -0.05) is 30.3 Å². The van der Waals surface area contributed by atoms with Gasteiger partial charge >= 0.3 is 5.97 Å². The second-order valence-electron chi connectivity index (χ2n) is 5.17. The van der Waals surface area contributed by atoms with Gasteiger partial charge in [-0.15, -0.1) is 0 Å². The Bertz CT molecular complexity index is 882. The number of hydrogen-bond donors (Lipinski definition) is 0. The molecule has 0 bridgehead atoms. The highest BCUT2D eigenvalue weighted by molar-refractivity contribution is 6.00. The zero-order chi connectivity index (χ0) is 16.9. The van der Waals surface area contributed by atoms with Crippen molar-refractivity contribution in [1.29, 1.82) is 0 Å². The van der Waals surface area contributed by atoms with Gasteiger partial charge in [-0.3, -0.25) is 4.79 Å². The lowest BCUT2D eigenvalue weighted by Crippen LogP contribution is -2.10. The van der Waals surface area contributed by atoms with Crippen molar-refractivity contribution in [3.8, 4) is 11.5 Å². The second kappa shape index (κ2) is 6.96. The van der Waals surface area contributed by atoms with Gasteiger partial charge in [0.25, 0.3) is 0 Å². The van der Waals surface area contributed by atoms with Gasteiger partial charge in [-0.25, -0.2) is 4.79 Å². The Hall–Kier alpha value is -3.14. The first-order valence-electron chi connectivity index (χ1n) is 7.65. The van der Waals surface area contributed by atoms with Crippen LogP contribution >= 0.6 is 0 Å². The Labute approximate surface area is 139 Å². The third-order valence-corrected chi connectivity index (χ3v) is 3.63. The lowest BCUT2D eigenvalue weighted by Gasteiger charge is -2.10. The maximum Gasteiger partial charge on any atom is 0.343 e. The predicted octanol–water partition coefficient (Wildman–Crippen LogP) is 4.27. The minimum absolute atomic E-state index is 0.280. The largest absolute Gasteiger partial charge is 0.494 e. The highest BCUT2D eigenvalue weighted by atomic mass is 16.5. The molecule has 0 spiro atoms. The molecule has 0 aromatic heterocycles. The summed E-state index contributed by atoms with van der Waals surface area (Å²) in [5.41, 5.74) is 0.733. The maximum atomic E-state index is 12.4. The van der Waals surface area contributed by atoms with Crippen molar-refractivity contribution in [3.63, 3.8) is 0 Å². The van der Waals surface area contributed by atoms with Crippen molar-refractivity contribution >= 4 is 23.0 Å². The molecule has 0 unspecified atom stereocenters. The minimum Gasteiger partial charge on any atom is -0.494 e. The number of rotatable bonds is 5. The fourth-order valence-electron chi connectivity index (χ4n) is 2.47. The molecule has 0 amide bonds. The molecule has 0 aliphatic carbocycles. The third kappa shape index (κ3) is 3.13. The molecule has 0 saturated carbocycles. The number of benzene rings is 3. The fourth-order valence-corrected chi connectivity index (χ4v) is 2.47. The van der Waals surface area contributed by atoms with Crippen molar-refractivity contribution in [2.45, 2.75) is 6.92 Å². The monoisotopic (exact) mass is 320 g/mol. The van der Waals surface area contributed by atoms with Crippen molar-refractivity contribution in [2.24, 2.45) is 0 Å². The van der Waals surface area contributed by atoms with Crippen LogP contribution in [0.3, 0.4) is 0 Å². The Balaban J connectivity index is 1.93. The number of carbonyl (C=O) groups excluding carboxylic acids is 2. The molecule has 3 aromatic rings. The minimum atomic E-state index is -0.516. The molecular formula is C20H16O4. The average Bonchev–Trinajstić information content (AvgIpc) is 2.63. The van der Waals surface area contributed by atoms with Crippen molar-refractivity contribution < 1.29 is 19.1 Å². The number of hydrogen-bond acceptors (Lipinski definition) is 4. The zero-order valence-corrected chi connectivity index (χ0v) is 13.2. The van der Waals surface area contributed by atoms with Crippen LogP contribution in [0.5, 0.6) is 11.5 Å². The number of esters is 1. The van der Waals surface area contributed by atoms with Crippen molar-refractivity contribution in [3.05, 3.63) is 71.8 Å². The van der Waals surface area contributed by atoms with E-state index in [2.05, 4.69) is 0 Å². The van der Waals surface area contributed by atoms with Gasteiger partial charge in [0.15, 0.2) is 6.29 Å². The van der Waals surface area contributed by atoms with Crippen LogP contribution in [0.2, 0.25) is 0 Å². The van der Waals surface area contributed by atoms with E-state index in [0.717, 1.165) is 10.8 Å². The molecule has 3 aromatic carbocycles. The van der Waals surface area contributed by atoms with Crippen molar-refractivity contribution in [2.75, 3.05) is 6.61 Å². The van der Waals surface area contributed by atoms with Gasteiger partial charge in [-0.05, 0) is 42.6 Å². The molecule has 0 N–H and O–H groups in total. The van der Waals surface area contributed by atoms with Gasteiger partial charge in [0, 0.05) is 5.39 Å². The van der Waals surface area contributed by atoms with E-state index in [1.54, 1.807) is 30.3 Å². The molecule has 0 saturated heterocycles. The highest BCUT2D eigenvalue weighted by Gasteiger charge is 2.14. The van der Waals surface area contributed by atoms with E-state index in [-0.39, 0.29) is 5.75 Å². The van der Waals surface area contributed by atoms with E-state index in [1.165, 1.54) is 0 Å². The van der Waals surface area contributed by atoms with Gasteiger partial charge < -0.3 is 9.47 Å². The summed E-state index contributed by atoms with van der Waals surface area (Å²) >= 11 is 0. The Morgan fingerprint density at radius 1 is 1.00 bits per heavy atom. The molecule has 0 atom stereocenters. The van der Waals surface area contributed by atoms with Crippen LogP contribution in [-0.2, 0) is 0 Å². The molecule has 120 valence electrons. The van der Waals surface area contributed by atoms with Crippen LogP contribution in [-0.4, -0.2) is 18.9 Å². The summed E-state index contributed by atoms with van der Waals surface area (Å²) in [6.07, 6.45) is 0.688. The topological polar surface area (TPSA) is 52.6 Å².